The zero-order valence-electron chi connectivity index (χ0n) is 14.8. The predicted molar refractivity (Wildman–Crippen MR) is 97.1 cm³/mol. The van der Waals surface area contributed by atoms with Crippen molar-refractivity contribution in [3.8, 4) is 11.5 Å². The number of ether oxygens (including phenoxy) is 3. The number of rotatable bonds is 7. The summed E-state index contributed by atoms with van der Waals surface area (Å²) >= 11 is 3.37. The van der Waals surface area contributed by atoms with Crippen LogP contribution < -0.4 is 14.8 Å². The van der Waals surface area contributed by atoms with E-state index in [1.54, 1.807) is 19.1 Å². The molecule has 1 saturated carbocycles. The molecule has 0 heterocycles. The molecule has 1 aromatic carbocycles. The Morgan fingerprint density at radius 1 is 1.32 bits per heavy atom. The Morgan fingerprint density at radius 2 is 2.00 bits per heavy atom. The summed E-state index contributed by atoms with van der Waals surface area (Å²) in [6.07, 6.45) is 3.35. The van der Waals surface area contributed by atoms with Gasteiger partial charge in [0, 0.05) is 6.04 Å². The second kappa shape index (κ2) is 9.08. The van der Waals surface area contributed by atoms with Crippen molar-refractivity contribution in [2.75, 3.05) is 13.7 Å². The molecule has 0 saturated heterocycles. The zero-order valence-corrected chi connectivity index (χ0v) is 16.4. The quantitative estimate of drug-likeness (QED) is 0.692. The van der Waals surface area contributed by atoms with E-state index in [9.17, 15) is 9.59 Å². The number of amides is 1. The van der Waals surface area contributed by atoms with Crippen LogP contribution in [0.15, 0.2) is 16.6 Å². The van der Waals surface area contributed by atoms with Gasteiger partial charge in [-0.3, -0.25) is 4.79 Å². The normalized spacial score (nSPS) is 15.5. The molecule has 1 N–H and O–H groups in total. The molecule has 1 aliphatic rings. The highest BCUT2D eigenvalue weighted by molar-refractivity contribution is 9.10. The van der Waals surface area contributed by atoms with Crippen molar-refractivity contribution in [1.82, 2.24) is 5.32 Å². The van der Waals surface area contributed by atoms with Crippen LogP contribution in [-0.4, -0.2) is 37.7 Å². The number of benzene rings is 1. The lowest BCUT2D eigenvalue weighted by Crippen LogP contribution is -2.40. The minimum atomic E-state index is -0.857. The van der Waals surface area contributed by atoms with Gasteiger partial charge in [0.25, 0.3) is 5.91 Å². The van der Waals surface area contributed by atoms with Crippen LogP contribution >= 0.6 is 15.9 Å². The van der Waals surface area contributed by atoms with Crippen LogP contribution in [0.1, 0.15) is 49.9 Å². The van der Waals surface area contributed by atoms with Gasteiger partial charge in [0.05, 0.1) is 23.8 Å². The van der Waals surface area contributed by atoms with E-state index >= 15 is 0 Å². The van der Waals surface area contributed by atoms with Crippen LogP contribution in [0.4, 0.5) is 0 Å². The SMILES string of the molecule is CCOc1c(Br)cc(C(=O)O[C@H](C)C(=O)NC2CCCC2)cc1OC. The van der Waals surface area contributed by atoms with Crippen LogP contribution in [0.25, 0.3) is 0 Å². The third-order valence-electron chi connectivity index (χ3n) is 4.11. The van der Waals surface area contributed by atoms with Crippen LogP contribution in [-0.2, 0) is 9.53 Å². The molecular weight excluding hydrogens is 390 g/mol. The third-order valence-corrected chi connectivity index (χ3v) is 4.70. The topological polar surface area (TPSA) is 73.9 Å². The summed E-state index contributed by atoms with van der Waals surface area (Å²) in [6.45, 7) is 3.90. The number of hydrogen-bond acceptors (Lipinski definition) is 5. The van der Waals surface area contributed by atoms with Crippen molar-refractivity contribution >= 4 is 27.8 Å². The van der Waals surface area contributed by atoms with Gasteiger partial charge in [0.1, 0.15) is 0 Å². The highest BCUT2D eigenvalue weighted by atomic mass is 79.9. The van der Waals surface area contributed by atoms with E-state index in [1.165, 1.54) is 7.11 Å². The number of nitrogens with one attached hydrogen (secondary N) is 1. The molecule has 7 heteroatoms. The largest absolute Gasteiger partial charge is 0.493 e. The minimum Gasteiger partial charge on any atom is -0.493 e. The maximum atomic E-state index is 12.4. The van der Waals surface area contributed by atoms with Gasteiger partial charge in [0.15, 0.2) is 17.6 Å². The molecule has 138 valence electrons. The van der Waals surface area contributed by atoms with Crippen molar-refractivity contribution in [1.29, 1.82) is 0 Å². The predicted octanol–water partition coefficient (Wildman–Crippen LogP) is 3.46. The lowest BCUT2D eigenvalue weighted by Gasteiger charge is -2.18. The number of hydrogen-bond donors (Lipinski definition) is 1. The Kier molecular flexibility index (Phi) is 7.11. The van der Waals surface area contributed by atoms with Gasteiger partial charge in [0.2, 0.25) is 0 Å². The first-order chi connectivity index (χ1) is 12.0. The smallest absolute Gasteiger partial charge is 0.339 e. The van der Waals surface area contributed by atoms with E-state index in [0.29, 0.717) is 22.6 Å². The summed E-state index contributed by atoms with van der Waals surface area (Å²) in [4.78, 5) is 24.5. The summed E-state index contributed by atoms with van der Waals surface area (Å²) in [6, 6.07) is 3.32. The van der Waals surface area contributed by atoms with Gasteiger partial charge in [-0.2, -0.15) is 0 Å². The van der Waals surface area contributed by atoms with E-state index in [-0.39, 0.29) is 17.5 Å². The van der Waals surface area contributed by atoms with E-state index < -0.39 is 12.1 Å². The van der Waals surface area contributed by atoms with Gasteiger partial charge < -0.3 is 19.5 Å². The second-order valence-electron chi connectivity index (χ2n) is 5.96. The zero-order chi connectivity index (χ0) is 18.4. The molecule has 0 unspecified atom stereocenters. The van der Waals surface area contributed by atoms with Crippen LogP contribution in [0, 0.1) is 0 Å². The molecule has 6 nitrogen and oxygen atoms in total. The molecule has 0 aliphatic heterocycles. The summed E-state index contributed by atoms with van der Waals surface area (Å²) in [5.41, 5.74) is 0.285. The Labute approximate surface area is 156 Å². The monoisotopic (exact) mass is 413 g/mol. The maximum absolute atomic E-state index is 12.4. The summed E-state index contributed by atoms with van der Waals surface area (Å²) in [7, 11) is 1.50. The van der Waals surface area contributed by atoms with E-state index in [1.807, 2.05) is 6.92 Å². The van der Waals surface area contributed by atoms with Crippen molar-refractivity contribution < 1.29 is 23.8 Å². The molecular formula is C18H24BrNO5. The average Bonchev–Trinajstić information content (AvgIpc) is 3.09. The second-order valence-corrected chi connectivity index (χ2v) is 6.81. The molecule has 0 bridgehead atoms. The van der Waals surface area contributed by atoms with Gasteiger partial charge in [-0.1, -0.05) is 12.8 Å². The number of esters is 1. The number of carbonyl (C=O) groups is 2. The molecule has 1 aromatic rings. The van der Waals surface area contributed by atoms with Crippen LogP contribution in [0.5, 0.6) is 11.5 Å². The fourth-order valence-corrected chi connectivity index (χ4v) is 3.35. The highest BCUT2D eigenvalue weighted by Gasteiger charge is 2.24. The summed E-state index contributed by atoms with van der Waals surface area (Å²) in [5, 5.41) is 2.93. The molecule has 25 heavy (non-hydrogen) atoms. The Hall–Kier alpha value is -1.76. The number of carbonyl (C=O) groups excluding carboxylic acids is 2. The minimum absolute atomic E-state index is 0.188. The van der Waals surface area contributed by atoms with Crippen molar-refractivity contribution in [3.63, 3.8) is 0 Å². The van der Waals surface area contributed by atoms with Crippen molar-refractivity contribution in [2.24, 2.45) is 0 Å². The van der Waals surface area contributed by atoms with Gasteiger partial charge >= 0.3 is 5.97 Å². The van der Waals surface area contributed by atoms with Gasteiger partial charge in [-0.15, -0.1) is 0 Å². The molecule has 0 radical (unpaired) electrons. The molecule has 1 fully saturated rings. The highest BCUT2D eigenvalue weighted by Crippen LogP contribution is 2.36. The number of halogens is 1. The van der Waals surface area contributed by atoms with E-state index in [4.69, 9.17) is 14.2 Å². The van der Waals surface area contributed by atoms with Gasteiger partial charge in [-0.05, 0) is 54.8 Å². The maximum Gasteiger partial charge on any atom is 0.339 e. The molecule has 1 atom stereocenters. The molecule has 0 spiro atoms. The van der Waals surface area contributed by atoms with Crippen LogP contribution in [0.2, 0.25) is 0 Å². The standard InChI is InChI=1S/C18H24BrNO5/c1-4-24-16-14(19)9-12(10-15(16)23-3)18(22)25-11(2)17(21)20-13-7-5-6-8-13/h9-11,13H,4-8H2,1-3H3,(H,20,21)/t11-/m1/s1. The first-order valence-electron chi connectivity index (χ1n) is 8.48. The molecule has 1 amide bonds. The number of methoxy groups -OCH3 is 1. The first-order valence-corrected chi connectivity index (χ1v) is 9.27. The average molecular weight is 414 g/mol. The van der Waals surface area contributed by atoms with Crippen molar-refractivity contribution in [3.05, 3.63) is 22.2 Å². The molecule has 2 rings (SSSR count). The summed E-state index contributed by atoms with van der Waals surface area (Å²) in [5.74, 6) is 0.0909. The Bertz CT molecular complexity index is 628. The third kappa shape index (κ3) is 5.11. The van der Waals surface area contributed by atoms with E-state index in [2.05, 4.69) is 21.2 Å². The fraction of sp³-hybridized carbons (Fsp3) is 0.556. The fourth-order valence-electron chi connectivity index (χ4n) is 2.79. The molecule has 0 aromatic heterocycles. The Morgan fingerprint density at radius 3 is 2.60 bits per heavy atom. The van der Waals surface area contributed by atoms with Gasteiger partial charge in [-0.25, -0.2) is 4.79 Å². The van der Waals surface area contributed by atoms with Crippen LogP contribution in [0.3, 0.4) is 0 Å². The lowest BCUT2D eigenvalue weighted by atomic mass is 10.2. The van der Waals surface area contributed by atoms with E-state index in [0.717, 1.165) is 25.7 Å². The van der Waals surface area contributed by atoms with Crippen molar-refractivity contribution in [2.45, 2.75) is 51.7 Å². The molecule has 1 aliphatic carbocycles. The first kappa shape index (κ1) is 19.6. The Balaban J connectivity index is 2.04. The summed E-state index contributed by atoms with van der Waals surface area (Å²) < 4.78 is 16.6. The lowest BCUT2D eigenvalue weighted by molar-refractivity contribution is -0.129.